The highest BCUT2D eigenvalue weighted by atomic mass is 15.3. The lowest BCUT2D eigenvalue weighted by atomic mass is 9.86. The number of nitrogens with one attached hydrogen (secondary N) is 1. The summed E-state index contributed by atoms with van der Waals surface area (Å²) in [6.45, 7) is 9.04. The van der Waals surface area contributed by atoms with Gasteiger partial charge in [0.2, 0.25) is 0 Å². The van der Waals surface area contributed by atoms with Crippen LogP contribution in [0.4, 0.5) is 0 Å². The van der Waals surface area contributed by atoms with E-state index in [1.807, 2.05) is 0 Å². The molecule has 12 heavy (non-hydrogen) atoms. The maximum atomic E-state index is 4.15. The van der Waals surface area contributed by atoms with E-state index in [0.717, 1.165) is 5.92 Å². The molecule has 0 saturated carbocycles. The monoisotopic (exact) mass is 168 g/mol. The van der Waals surface area contributed by atoms with Crippen LogP contribution >= 0.6 is 0 Å². The lowest BCUT2D eigenvalue weighted by Crippen LogP contribution is -2.31. The van der Waals surface area contributed by atoms with Crippen molar-refractivity contribution >= 4 is 6.21 Å². The molecule has 0 fully saturated rings. The Morgan fingerprint density at radius 1 is 1.33 bits per heavy atom. The molecule has 1 heterocycles. The topological polar surface area (TPSA) is 24.4 Å². The lowest BCUT2D eigenvalue weighted by Gasteiger charge is -2.22. The predicted octanol–water partition coefficient (Wildman–Crippen LogP) is 2.26. The van der Waals surface area contributed by atoms with Crippen molar-refractivity contribution in [2.75, 3.05) is 0 Å². The van der Waals surface area contributed by atoms with Crippen LogP contribution in [0.25, 0.3) is 0 Å². The van der Waals surface area contributed by atoms with E-state index in [9.17, 15) is 0 Å². The Kier molecular flexibility index (Phi) is 3.12. The molecule has 1 rings (SSSR count). The van der Waals surface area contributed by atoms with E-state index in [4.69, 9.17) is 0 Å². The number of rotatable bonds is 3. The highest BCUT2D eigenvalue weighted by Gasteiger charge is 2.26. The minimum atomic E-state index is 0.574. The molecule has 0 aromatic heterocycles. The van der Waals surface area contributed by atoms with E-state index in [-0.39, 0.29) is 0 Å². The number of hydrogen-bond acceptors (Lipinski definition) is 2. The first-order valence-corrected chi connectivity index (χ1v) is 4.90. The summed E-state index contributed by atoms with van der Waals surface area (Å²) in [5, 5.41) is 4.15. The molecule has 0 aliphatic carbocycles. The second-order valence-corrected chi connectivity index (χ2v) is 4.46. The highest BCUT2D eigenvalue weighted by molar-refractivity contribution is 5.63. The van der Waals surface area contributed by atoms with Crippen LogP contribution in [0.1, 0.15) is 34.1 Å². The largest absolute Gasteiger partial charge is 0.307 e. The summed E-state index contributed by atoms with van der Waals surface area (Å²) in [6.07, 6.45) is 3.29. The van der Waals surface area contributed by atoms with Crippen molar-refractivity contribution in [2.24, 2.45) is 22.9 Å². The van der Waals surface area contributed by atoms with Crippen LogP contribution in [-0.2, 0) is 0 Å². The lowest BCUT2D eigenvalue weighted by molar-refractivity contribution is 0.339. The Morgan fingerprint density at radius 3 is 2.50 bits per heavy atom. The zero-order valence-electron chi connectivity index (χ0n) is 8.54. The van der Waals surface area contributed by atoms with Gasteiger partial charge in [-0.2, -0.15) is 5.10 Å². The molecule has 1 N–H and O–H groups in total. The molecular formula is C10H20N2. The molecule has 0 radical (unpaired) electrons. The van der Waals surface area contributed by atoms with E-state index in [2.05, 4.69) is 44.4 Å². The maximum Gasteiger partial charge on any atom is 0.0523 e. The third-order valence-corrected chi connectivity index (χ3v) is 2.45. The van der Waals surface area contributed by atoms with Crippen molar-refractivity contribution in [3.05, 3.63) is 0 Å². The first-order valence-electron chi connectivity index (χ1n) is 4.90. The number of hydrogen-bond donors (Lipinski definition) is 1. The summed E-state index contributed by atoms with van der Waals surface area (Å²) in [6, 6.07) is 0.574. The fourth-order valence-corrected chi connectivity index (χ4v) is 1.77. The van der Waals surface area contributed by atoms with Crippen molar-refractivity contribution in [3.63, 3.8) is 0 Å². The SMILES string of the molecule is CC(C)CC1NN=CC1C(C)C. The van der Waals surface area contributed by atoms with Crippen molar-refractivity contribution in [1.82, 2.24) is 5.43 Å². The minimum Gasteiger partial charge on any atom is -0.307 e. The molecular weight excluding hydrogens is 148 g/mol. The second kappa shape index (κ2) is 3.92. The summed E-state index contributed by atoms with van der Waals surface area (Å²) in [5.41, 5.74) is 3.19. The van der Waals surface area contributed by atoms with E-state index < -0.39 is 0 Å². The molecule has 2 heteroatoms. The molecule has 1 aliphatic rings. The molecule has 0 spiro atoms. The van der Waals surface area contributed by atoms with Crippen LogP contribution in [0, 0.1) is 17.8 Å². The molecule has 2 nitrogen and oxygen atoms in total. The van der Waals surface area contributed by atoms with Gasteiger partial charge in [-0.15, -0.1) is 0 Å². The average Bonchev–Trinajstić information content (AvgIpc) is 2.33. The summed E-state index contributed by atoms with van der Waals surface area (Å²) in [4.78, 5) is 0. The first kappa shape index (κ1) is 9.56. The fourth-order valence-electron chi connectivity index (χ4n) is 1.77. The van der Waals surface area contributed by atoms with E-state index in [1.54, 1.807) is 0 Å². The standard InChI is InChI=1S/C10H20N2/c1-7(2)5-10-9(8(3)4)6-11-12-10/h6-10,12H,5H2,1-4H3. The summed E-state index contributed by atoms with van der Waals surface area (Å²) in [7, 11) is 0. The van der Waals surface area contributed by atoms with Crippen molar-refractivity contribution in [2.45, 2.75) is 40.2 Å². The maximum absolute atomic E-state index is 4.15. The van der Waals surface area contributed by atoms with Crippen LogP contribution in [0.3, 0.4) is 0 Å². The van der Waals surface area contributed by atoms with Gasteiger partial charge < -0.3 is 5.43 Å². The van der Waals surface area contributed by atoms with Gasteiger partial charge in [-0.05, 0) is 18.3 Å². The molecule has 0 amide bonds. The van der Waals surface area contributed by atoms with E-state index >= 15 is 0 Å². The molecule has 0 bridgehead atoms. The average molecular weight is 168 g/mol. The normalized spacial score (nSPS) is 28.5. The first-order chi connectivity index (χ1) is 5.61. The van der Waals surface area contributed by atoms with Crippen LogP contribution < -0.4 is 5.43 Å². The van der Waals surface area contributed by atoms with Crippen LogP contribution in [0.2, 0.25) is 0 Å². The van der Waals surface area contributed by atoms with Crippen molar-refractivity contribution in [1.29, 1.82) is 0 Å². The number of nitrogens with zero attached hydrogens (tertiary/aromatic N) is 1. The van der Waals surface area contributed by atoms with Gasteiger partial charge in [0, 0.05) is 12.1 Å². The van der Waals surface area contributed by atoms with Gasteiger partial charge in [0.25, 0.3) is 0 Å². The Balaban J connectivity index is 2.45. The predicted molar refractivity (Wildman–Crippen MR) is 53.2 cm³/mol. The van der Waals surface area contributed by atoms with E-state index in [1.165, 1.54) is 6.42 Å². The van der Waals surface area contributed by atoms with Crippen LogP contribution in [-0.4, -0.2) is 12.3 Å². The van der Waals surface area contributed by atoms with Gasteiger partial charge >= 0.3 is 0 Å². The molecule has 0 aromatic rings. The third-order valence-electron chi connectivity index (χ3n) is 2.45. The number of hydrazone groups is 1. The highest BCUT2D eigenvalue weighted by Crippen LogP contribution is 2.22. The molecule has 0 saturated heterocycles. The van der Waals surface area contributed by atoms with Crippen LogP contribution in [0.15, 0.2) is 5.10 Å². The summed E-state index contributed by atoms with van der Waals surface area (Å²) < 4.78 is 0. The van der Waals surface area contributed by atoms with Gasteiger partial charge in [0.15, 0.2) is 0 Å². The quantitative estimate of drug-likeness (QED) is 0.687. The summed E-state index contributed by atoms with van der Waals surface area (Å²) in [5.74, 6) is 2.09. The molecule has 2 atom stereocenters. The Morgan fingerprint density at radius 2 is 2.00 bits per heavy atom. The third kappa shape index (κ3) is 2.23. The van der Waals surface area contributed by atoms with Gasteiger partial charge in [0.1, 0.15) is 0 Å². The Labute approximate surface area is 75.4 Å². The minimum absolute atomic E-state index is 0.574. The zero-order chi connectivity index (χ0) is 9.14. The molecule has 0 aromatic carbocycles. The van der Waals surface area contributed by atoms with Gasteiger partial charge in [-0.1, -0.05) is 27.7 Å². The van der Waals surface area contributed by atoms with E-state index in [0.29, 0.717) is 17.9 Å². The van der Waals surface area contributed by atoms with Crippen LogP contribution in [0.5, 0.6) is 0 Å². The summed E-state index contributed by atoms with van der Waals surface area (Å²) >= 11 is 0. The molecule has 70 valence electrons. The Hall–Kier alpha value is -0.530. The van der Waals surface area contributed by atoms with Gasteiger partial charge in [0.05, 0.1) is 6.04 Å². The van der Waals surface area contributed by atoms with Crippen molar-refractivity contribution < 1.29 is 0 Å². The zero-order valence-corrected chi connectivity index (χ0v) is 8.54. The van der Waals surface area contributed by atoms with Gasteiger partial charge in [-0.3, -0.25) is 0 Å². The molecule has 2 unspecified atom stereocenters. The smallest absolute Gasteiger partial charge is 0.0523 e. The molecule has 1 aliphatic heterocycles. The fraction of sp³-hybridized carbons (Fsp3) is 0.900. The van der Waals surface area contributed by atoms with Gasteiger partial charge in [-0.25, -0.2) is 0 Å². The van der Waals surface area contributed by atoms with Crippen molar-refractivity contribution in [3.8, 4) is 0 Å². The Bertz CT molecular complexity index is 161. The second-order valence-electron chi connectivity index (χ2n) is 4.46.